The number of para-hydroxylation sites is 2. The maximum Gasteiger partial charge on any atom is 0.254 e. The number of benzene rings is 1. The average molecular weight is 355 g/mol. The highest BCUT2D eigenvalue weighted by Gasteiger charge is 2.34. The van der Waals surface area contributed by atoms with Crippen LogP contribution in [0.2, 0.25) is 0 Å². The Bertz CT molecular complexity index is 824. The summed E-state index contributed by atoms with van der Waals surface area (Å²) in [5, 5.41) is 0. The number of amides is 2. The lowest BCUT2D eigenvalue weighted by molar-refractivity contribution is -0.121. The Hall–Kier alpha value is -3.09. The number of aromatic nitrogens is 1. The summed E-state index contributed by atoms with van der Waals surface area (Å²) in [6.07, 6.45) is 1.52. The largest absolute Gasteiger partial charge is 0.495 e. The van der Waals surface area contributed by atoms with Crippen LogP contribution in [0.15, 0.2) is 42.6 Å². The Kier molecular flexibility index (Phi) is 5.06. The van der Waals surface area contributed by atoms with E-state index in [-0.39, 0.29) is 24.4 Å². The Morgan fingerprint density at radius 3 is 2.69 bits per heavy atom. The molecule has 3 rings (SSSR count). The molecule has 26 heavy (non-hydrogen) atoms. The predicted octanol–water partition coefficient (Wildman–Crippen LogP) is 1.98. The summed E-state index contributed by atoms with van der Waals surface area (Å²) in [6.45, 7) is 2.32. The fraction of sp³-hybridized carbons (Fsp3) is 0.316. The van der Waals surface area contributed by atoms with Crippen molar-refractivity contribution in [3.05, 3.63) is 48.2 Å². The van der Waals surface area contributed by atoms with Gasteiger partial charge in [0.1, 0.15) is 12.3 Å². The summed E-state index contributed by atoms with van der Waals surface area (Å²) in [4.78, 5) is 32.8. The van der Waals surface area contributed by atoms with Gasteiger partial charge in [-0.2, -0.15) is 0 Å². The number of piperazine rings is 1. The SMILES string of the molecule is COc1cc(C(=O)N2CC(=O)N(c3ccccc3OC)C[C@H]2C)ccn1. The molecule has 1 aromatic carbocycles. The molecule has 1 aliphatic heterocycles. The summed E-state index contributed by atoms with van der Waals surface area (Å²) in [6, 6.07) is 10.4. The van der Waals surface area contributed by atoms with Crippen LogP contribution in [0.5, 0.6) is 11.6 Å². The minimum absolute atomic E-state index is 0.00267. The van der Waals surface area contributed by atoms with E-state index < -0.39 is 0 Å². The molecule has 0 aliphatic carbocycles. The molecule has 1 aromatic heterocycles. The number of nitrogens with zero attached hydrogens (tertiary/aromatic N) is 3. The molecule has 2 amide bonds. The van der Waals surface area contributed by atoms with Crippen LogP contribution in [0.3, 0.4) is 0 Å². The van der Waals surface area contributed by atoms with Crippen LogP contribution in [-0.4, -0.2) is 55.0 Å². The van der Waals surface area contributed by atoms with Crippen LogP contribution >= 0.6 is 0 Å². The number of pyridine rings is 1. The van der Waals surface area contributed by atoms with Crippen LogP contribution in [-0.2, 0) is 4.79 Å². The first-order chi connectivity index (χ1) is 12.5. The van der Waals surface area contributed by atoms with Crippen LogP contribution in [0, 0.1) is 0 Å². The molecule has 0 unspecified atom stereocenters. The van der Waals surface area contributed by atoms with E-state index >= 15 is 0 Å². The molecule has 0 bridgehead atoms. The molecule has 1 fully saturated rings. The quantitative estimate of drug-likeness (QED) is 0.839. The number of methoxy groups -OCH3 is 2. The van der Waals surface area contributed by atoms with E-state index in [2.05, 4.69) is 4.98 Å². The third-order valence-corrected chi connectivity index (χ3v) is 4.41. The third-order valence-electron chi connectivity index (χ3n) is 4.41. The van der Waals surface area contributed by atoms with Crippen LogP contribution < -0.4 is 14.4 Å². The van der Waals surface area contributed by atoms with Crippen molar-refractivity contribution in [3.8, 4) is 11.6 Å². The van der Waals surface area contributed by atoms with Gasteiger partial charge in [0.2, 0.25) is 11.8 Å². The second-order valence-corrected chi connectivity index (χ2v) is 6.05. The second-order valence-electron chi connectivity index (χ2n) is 6.05. The van der Waals surface area contributed by atoms with Gasteiger partial charge in [0, 0.05) is 30.4 Å². The molecular weight excluding hydrogens is 334 g/mol. The predicted molar refractivity (Wildman–Crippen MR) is 96.6 cm³/mol. The van der Waals surface area contributed by atoms with E-state index in [1.807, 2.05) is 31.2 Å². The van der Waals surface area contributed by atoms with Crippen LogP contribution in [0.25, 0.3) is 0 Å². The molecule has 0 N–H and O–H groups in total. The first-order valence-corrected chi connectivity index (χ1v) is 8.29. The van der Waals surface area contributed by atoms with E-state index in [1.54, 1.807) is 29.0 Å². The number of hydrogen-bond acceptors (Lipinski definition) is 5. The number of carbonyl (C=O) groups is 2. The number of ether oxygens (including phenoxy) is 2. The Morgan fingerprint density at radius 2 is 1.96 bits per heavy atom. The first kappa shape index (κ1) is 17.7. The van der Waals surface area contributed by atoms with Crippen LogP contribution in [0.4, 0.5) is 5.69 Å². The van der Waals surface area contributed by atoms with E-state index in [9.17, 15) is 9.59 Å². The smallest absolute Gasteiger partial charge is 0.254 e. The zero-order valence-electron chi connectivity index (χ0n) is 15.0. The minimum Gasteiger partial charge on any atom is -0.495 e. The van der Waals surface area contributed by atoms with Gasteiger partial charge in [0.05, 0.1) is 19.9 Å². The molecule has 7 nitrogen and oxygen atoms in total. The fourth-order valence-electron chi connectivity index (χ4n) is 3.03. The molecule has 2 aromatic rings. The van der Waals surface area contributed by atoms with Crippen molar-refractivity contribution < 1.29 is 19.1 Å². The van der Waals surface area contributed by atoms with Crippen molar-refractivity contribution in [2.75, 3.05) is 32.2 Å². The molecule has 1 saturated heterocycles. The highest BCUT2D eigenvalue weighted by atomic mass is 16.5. The highest BCUT2D eigenvalue weighted by molar-refractivity contribution is 6.02. The highest BCUT2D eigenvalue weighted by Crippen LogP contribution is 2.30. The monoisotopic (exact) mass is 355 g/mol. The standard InChI is InChI=1S/C19H21N3O4/c1-13-11-22(15-6-4-5-7-16(15)25-2)18(23)12-21(13)19(24)14-8-9-20-17(10-14)26-3/h4-10,13H,11-12H2,1-3H3/t13-/m1/s1. The Balaban J connectivity index is 1.82. The number of anilines is 1. The second kappa shape index (κ2) is 7.43. The third kappa shape index (κ3) is 3.33. The van der Waals surface area contributed by atoms with E-state index in [1.165, 1.54) is 13.3 Å². The Morgan fingerprint density at radius 1 is 1.19 bits per heavy atom. The number of hydrogen-bond donors (Lipinski definition) is 0. The van der Waals surface area contributed by atoms with Crippen molar-refractivity contribution in [2.24, 2.45) is 0 Å². The van der Waals surface area contributed by atoms with Gasteiger partial charge in [0.25, 0.3) is 5.91 Å². The van der Waals surface area contributed by atoms with Gasteiger partial charge in [0.15, 0.2) is 0 Å². The van der Waals surface area contributed by atoms with Gasteiger partial charge < -0.3 is 19.3 Å². The van der Waals surface area contributed by atoms with E-state index in [4.69, 9.17) is 9.47 Å². The van der Waals surface area contributed by atoms with Gasteiger partial charge in [-0.3, -0.25) is 9.59 Å². The molecule has 1 aliphatic rings. The van der Waals surface area contributed by atoms with Crippen molar-refractivity contribution in [2.45, 2.75) is 13.0 Å². The number of rotatable bonds is 4. The summed E-state index contributed by atoms with van der Waals surface area (Å²) in [5.74, 6) is 0.627. The van der Waals surface area contributed by atoms with Crippen molar-refractivity contribution in [1.82, 2.24) is 9.88 Å². The maximum absolute atomic E-state index is 12.8. The zero-order valence-corrected chi connectivity index (χ0v) is 15.0. The molecule has 0 spiro atoms. The van der Waals surface area contributed by atoms with Gasteiger partial charge in [-0.15, -0.1) is 0 Å². The van der Waals surface area contributed by atoms with Gasteiger partial charge in [-0.1, -0.05) is 12.1 Å². The topological polar surface area (TPSA) is 72.0 Å². The van der Waals surface area contributed by atoms with E-state index in [0.717, 1.165) is 0 Å². The molecule has 2 heterocycles. The van der Waals surface area contributed by atoms with Gasteiger partial charge >= 0.3 is 0 Å². The number of carbonyl (C=O) groups excluding carboxylic acids is 2. The van der Waals surface area contributed by atoms with E-state index in [0.29, 0.717) is 29.4 Å². The molecule has 0 saturated carbocycles. The van der Waals surface area contributed by atoms with Crippen molar-refractivity contribution in [1.29, 1.82) is 0 Å². The average Bonchev–Trinajstić information content (AvgIpc) is 2.68. The lowest BCUT2D eigenvalue weighted by Gasteiger charge is -2.39. The summed E-state index contributed by atoms with van der Waals surface area (Å²) >= 11 is 0. The molecule has 0 radical (unpaired) electrons. The van der Waals surface area contributed by atoms with Crippen molar-refractivity contribution >= 4 is 17.5 Å². The maximum atomic E-state index is 12.8. The summed E-state index contributed by atoms with van der Waals surface area (Å²) in [5.41, 5.74) is 1.16. The molecule has 136 valence electrons. The Labute approximate surface area is 152 Å². The fourth-order valence-corrected chi connectivity index (χ4v) is 3.03. The molecular formula is C19H21N3O4. The lowest BCUT2D eigenvalue weighted by Crippen LogP contribution is -2.57. The van der Waals surface area contributed by atoms with Crippen molar-refractivity contribution in [3.63, 3.8) is 0 Å². The first-order valence-electron chi connectivity index (χ1n) is 8.29. The summed E-state index contributed by atoms with van der Waals surface area (Å²) in [7, 11) is 3.07. The van der Waals surface area contributed by atoms with Crippen LogP contribution in [0.1, 0.15) is 17.3 Å². The lowest BCUT2D eigenvalue weighted by atomic mass is 10.1. The normalized spacial score (nSPS) is 17.2. The van der Waals surface area contributed by atoms with Gasteiger partial charge in [-0.25, -0.2) is 4.98 Å². The van der Waals surface area contributed by atoms with Gasteiger partial charge in [-0.05, 0) is 25.1 Å². The zero-order chi connectivity index (χ0) is 18.7. The molecule has 7 heteroatoms. The summed E-state index contributed by atoms with van der Waals surface area (Å²) < 4.78 is 10.4. The molecule has 1 atom stereocenters. The minimum atomic E-state index is -0.216.